The summed E-state index contributed by atoms with van der Waals surface area (Å²) in [5.41, 5.74) is 0. The summed E-state index contributed by atoms with van der Waals surface area (Å²) in [5, 5.41) is 0. The Kier molecular flexibility index (Phi) is 25.9. The predicted octanol–water partition coefficient (Wildman–Crippen LogP) is 9.25. The number of hydrogen-bond acceptors (Lipinski definition) is 2. The molecule has 0 aliphatic rings. The molecule has 0 fully saturated rings. The molecule has 0 bridgehead atoms. The summed E-state index contributed by atoms with van der Waals surface area (Å²) in [7, 11) is 0. The van der Waals surface area contributed by atoms with Crippen LogP contribution in [0.15, 0.2) is 0 Å². The molecule has 0 spiro atoms. The van der Waals surface area contributed by atoms with Crippen LogP contribution in [0.3, 0.4) is 0 Å². The van der Waals surface area contributed by atoms with Crippen LogP contribution < -0.4 is 0 Å². The Labute approximate surface area is 184 Å². The molecule has 0 amide bonds. The highest BCUT2D eigenvalue weighted by atomic mass is 16.5. The van der Waals surface area contributed by atoms with E-state index in [0.717, 1.165) is 19.8 Å². The Hall–Kier alpha value is -0.0800. The molecule has 0 N–H and O–H groups in total. The van der Waals surface area contributed by atoms with Gasteiger partial charge in [-0.3, -0.25) is 0 Å². The monoisotopic (exact) mass is 412 g/mol. The summed E-state index contributed by atoms with van der Waals surface area (Å²) in [6, 6.07) is 0. The van der Waals surface area contributed by atoms with Gasteiger partial charge < -0.3 is 9.47 Å². The van der Waals surface area contributed by atoms with Gasteiger partial charge in [0.1, 0.15) is 0 Å². The highest BCUT2D eigenvalue weighted by Crippen LogP contribution is 2.12. The van der Waals surface area contributed by atoms with E-state index in [9.17, 15) is 0 Å². The molecule has 0 saturated carbocycles. The summed E-state index contributed by atoms with van der Waals surface area (Å²) < 4.78 is 11.7. The highest BCUT2D eigenvalue weighted by molar-refractivity contribution is 4.51. The molecule has 0 saturated heterocycles. The lowest BCUT2D eigenvalue weighted by Crippen LogP contribution is -2.17. The molecule has 0 radical (unpaired) electrons. The molecular formula is C27H56O2. The molecule has 0 aromatic heterocycles. The summed E-state index contributed by atoms with van der Waals surface area (Å²) in [4.78, 5) is 0. The quantitative estimate of drug-likeness (QED) is 0.139. The predicted molar refractivity (Wildman–Crippen MR) is 130 cm³/mol. The lowest BCUT2D eigenvalue weighted by atomic mass is 10.1. The lowest BCUT2D eigenvalue weighted by molar-refractivity contribution is -0.00869. The van der Waals surface area contributed by atoms with Crippen molar-refractivity contribution >= 4 is 0 Å². The van der Waals surface area contributed by atoms with Gasteiger partial charge in [0.15, 0.2) is 0 Å². The Bertz CT molecular complexity index is 280. The standard InChI is InChI=1S/C27H56O2/c1-4-6-8-10-12-14-16-18-20-22-24-28-26-27(3)29-25-23-21-19-17-15-13-11-9-7-5-2/h27H,4-26H2,1-3H3/t27-/m1/s1. The van der Waals surface area contributed by atoms with Crippen molar-refractivity contribution < 1.29 is 9.47 Å². The van der Waals surface area contributed by atoms with Gasteiger partial charge in [0.2, 0.25) is 0 Å². The summed E-state index contributed by atoms with van der Waals surface area (Å²) in [6.45, 7) is 9.28. The Morgan fingerprint density at radius 3 is 1.21 bits per heavy atom. The minimum absolute atomic E-state index is 0.247. The van der Waals surface area contributed by atoms with Crippen molar-refractivity contribution in [3.63, 3.8) is 0 Å². The maximum absolute atomic E-state index is 5.89. The third-order valence-corrected chi connectivity index (χ3v) is 5.90. The number of unbranched alkanes of at least 4 members (excludes halogenated alkanes) is 18. The maximum Gasteiger partial charge on any atom is 0.0780 e. The third-order valence-electron chi connectivity index (χ3n) is 5.90. The Balaban J connectivity index is 3.12. The van der Waals surface area contributed by atoms with Crippen molar-refractivity contribution in [3.05, 3.63) is 0 Å². The molecule has 0 aromatic carbocycles. The molecule has 0 aromatic rings. The minimum atomic E-state index is 0.247. The molecule has 1 atom stereocenters. The SMILES string of the molecule is CCCCCCCCCCCCOC[C@@H](C)OCCCCCCCCCCCC. The van der Waals surface area contributed by atoms with Crippen LogP contribution >= 0.6 is 0 Å². The van der Waals surface area contributed by atoms with Crippen LogP contribution in [0.4, 0.5) is 0 Å². The van der Waals surface area contributed by atoms with Gasteiger partial charge in [-0.2, -0.15) is 0 Å². The second-order valence-corrected chi connectivity index (χ2v) is 9.12. The lowest BCUT2D eigenvalue weighted by Gasteiger charge is -2.13. The average Bonchev–Trinajstić information content (AvgIpc) is 2.72. The van der Waals surface area contributed by atoms with Crippen LogP contribution in [-0.4, -0.2) is 25.9 Å². The minimum Gasteiger partial charge on any atom is -0.379 e. The number of ether oxygens (including phenoxy) is 2. The molecule has 29 heavy (non-hydrogen) atoms. The van der Waals surface area contributed by atoms with E-state index in [1.54, 1.807) is 0 Å². The molecule has 0 unspecified atom stereocenters. The molecule has 0 aliphatic heterocycles. The molecule has 0 rings (SSSR count). The van der Waals surface area contributed by atoms with Crippen molar-refractivity contribution in [1.29, 1.82) is 0 Å². The maximum atomic E-state index is 5.89. The highest BCUT2D eigenvalue weighted by Gasteiger charge is 2.02. The second kappa shape index (κ2) is 26.0. The zero-order valence-corrected chi connectivity index (χ0v) is 20.7. The van der Waals surface area contributed by atoms with Crippen LogP contribution in [0.1, 0.15) is 149 Å². The van der Waals surface area contributed by atoms with Gasteiger partial charge in [0, 0.05) is 13.2 Å². The van der Waals surface area contributed by atoms with E-state index in [4.69, 9.17) is 9.47 Å². The van der Waals surface area contributed by atoms with Crippen LogP contribution in [0, 0.1) is 0 Å². The first kappa shape index (κ1) is 28.9. The molecule has 0 heterocycles. The van der Waals surface area contributed by atoms with Crippen molar-refractivity contribution in [2.75, 3.05) is 19.8 Å². The zero-order valence-electron chi connectivity index (χ0n) is 20.7. The van der Waals surface area contributed by atoms with Crippen molar-refractivity contribution in [2.45, 2.75) is 155 Å². The number of hydrogen-bond donors (Lipinski definition) is 0. The second-order valence-electron chi connectivity index (χ2n) is 9.12. The summed E-state index contributed by atoms with van der Waals surface area (Å²) in [6.07, 6.45) is 27.9. The van der Waals surface area contributed by atoms with E-state index in [2.05, 4.69) is 20.8 Å². The number of rotatable bonds is 25. The largest absolute Gasteiger partial charge is 0.379 e. The average molecular weight is 413 g/mol. The first-order valence-corrected chi connectivity index (χ1v) is 13.5. The van der Waals surface area contributed by atoms with Gasteiger partial charge in [-0.25, -0.2) is 0 Å². The normalized spacial score (nSPS) is 12.5. The van der Waals surface area contributed by atoms with E-state index in [0.29, 0.717) is 0 Å². The third kappa shape index (κ3) is 25.9. The molecule has 2 nitrogen and oxygen atoms in total. The van der Waals surface area contributed by atoms with Crippen LogP contribution in [-0.2, 0) is 9.47 Å². The van der Waals surface area contributed by atoms with Crippen molar-refractivity contribution in [2.24, 2.45) is 0 Å². The van der Waals surface area contributed by atoms with Gasteiger partial charge in [0.25, 0.3) is 0 Å². The van der Waals surface area contributed by atoms with Crippen LogP contribution in [0.5, 0.6) is 0 Å². The fraction of sp³-hybridized carbons (Fsp3) is 1.00. The molecular weight excluding hydrogens is 356 g/mol. The first-order chi connectivity index (χ1) is 14.3. The van der Waals surface area contributed by atoms with Crippen LogP contribution in [0.2, 0.25) is 0 Å². The Morgan fingerprint density at radius 2 is 0.793 bits per heavy atom. The first-order valence-electron chi connectivity index (χ1n) is 13.5. The van der Waals surface area contributed by atoms with Crippen molar-refractivity contribution in [1.82, 2.24) is 0 Å². The van der Waals surface area contributed by atoms with E-state index >= 15 is 0 Å². The zero-order chi connectivity index (χ0) is 21.3. The van der Waals surface area contributed by atoms with Gasteiger partial charge in [0.05, 0.1) is 12.7 Å². The summed E-state index contributed by atoms with van der Waals surface area (Å²) >= 11 is 0. The Morgan fingerprint density at radius 1 is 0.448 bits per heavy atom. The van der Waals surface area contributed by atoms with Crippen LogP contribution in [0.25, 0.3) is 0 Å². The van der Waals surface area contributed by atoms with Crippen molar-refractivity contribution in [3.8, 4) is 0 Å². The molecule has 176 valence electrons. The fourth-order valence-electron chi connectivity index (χ4n) is 3.86. The molecule has 2 heteroatoms. The van der Waals surface area contributed by atoms with Gasteiger partial charge >= 0.3 is 0 Å². The van der Waals surface area contributed by atoms with E-state index < -0.39 is 0 Å². The van der Waals surface area contributed by atoms with E-state index in [1.807, 2.05) is 0 Å². The summed E-state index contributed by atoms with van der Waals surface area (Å²) in [5.74, 6) is 0. The van der Waals surface area contributed by atoms with Gasteiger partial charge in [-0.05, 0) is 19.8 Å². The smallest absolute Gasteiger partial charge is 0.0780 e. The van der Waals surface area contributed by atoms with E-state index in [-0.39, 0.29) is 6.10 Å². The van der Waals surface area contributed by atoms with Gasteiger partial charge in [-0.1, -0.05) is 129 Å². The van der Waals surface area contributed by atoms with E-state index in [1.165, 1.54) is 128 Å². The topological polar surface area (TPSA) is 18.5 Å². The fourth-order valence-corrected chi connectivity index (χ4v) is 3.86. The van der Waals surface area contributed by atoms with Gasteiger partial charge in [-0.15, -0.1) is 0 Å². The molecule has 0 aliphatic carbocycles.